The highest BCUT2D eigenvalue weighted by molar-refractivity contribution is 5.92. The Kier molecular flexibility index (Phi) is 5.02. The quantitative estimate of drug-likeness (QED) is 0.685. The molecule has 0 radical (unpaired) electrons. The summed E-state index contributed by atoms with van der Waals surface area (Å²) in [6.45, 7) is 6.06. The van der Waals surface area contributed by atoms with Crippen LogP contribution in [0.15, 0.2) is 0 Å². The zero-order valence-electron chi connectivity index (χ0n) is 17.9. The first kappa shape index (κ1) is 20.8. The van der Waals surface area contributed by atoms with Gasteiger partial charge in [0.05, 0.1) is 12.2 Å². The van der Waals surface area contributed by atoms with Crippen LogP contribution in [0.3, 0.4) is 0 Å². The number of aliphatic hydroxyl groups is 3. The molecule has 5 nitrogen and oxygen atoms in total. The highest BCUT2D eigenvalue weighted by Crippen LogP contribution is 2.68. The maximum absolute atomic E-state index is 13.1. The Morgan fingerprint density at radius 3 is 2.50 bits per heavy atom. The molecule has 0 bridgehead atoms. The molecular formula is C23H38O5. The van der Waals surface area contributed by atoms with Gasteiger partial charge in [-0.15, -0.1) is 0 Å². The van der Waals surface area contributed by atoms with E-state index in [4.69, 9.17) is 4.74 Å². The highest BCUT2D eigenvalue weighted by atomic mass is 16.5. The van der Waals surface area contributed by atoms with Crippen LogP contribution in [0.25, 0.3) is 0 Å². The van der Waals surface area contributed by atoms with Crippen LogP contribution < -0.4 is 0 Å². The van der Waals surface area contributed by atoms with Gasteiger partial charge in [-0.05, 0) is 87.4 Å². The number of rotatable bonds is 3. The van der Waals surface area contributed by atoms with Crippen molar-refractivity contribution in [2.45, 2.75) is 96.1 Å². The Balaban J connectivity index is 1.67. The lowest BCUT2D eigenvalue weighted by Crippen LogP contribution is -2.63. The van der Waals surface area contributed by atoms with Crippen molar-refractivity contribution in [3.63, 3.8) is 0 Å². The van der Waals surface area contributed by atoms with E-state index in [0.29, 0.717) is 24.7 Å². The van der Waals surface area contributed by atoms with Crippen LogP contribution in [0.1, 0.15) is 72.1 Å². The summed E-state index contributed by atoms with van der Waals surface area (Å²) in [5.74, 6) is 1.03. The molecule has 0 aliphatic heterocycles. The van der Waals surface area contributed by atoms with E-state index in [1.54, 1.807) is 6.92 Å². The predicted octanol–water partition coefficient (Wildman–Crippen LogP) is 2.70. The van der Waals surface area contributed by atoms with Gasteiger partial charge in [-0.25, -0.2) is 0 Å². The Morgan fingerprint density at radius 1 is 1.11 bits per heavy atom. The molecule has 0 amide bonds. The van der Waals surface area contributed by atoms with Gasteiger partial charge in [0.25, 0.3) is 0 Å². The van der Waals surface area contributed by atoms with Gasteiger partial charge in [-0.3, -0.25) is 4.79 Å². The second kappa shape index (κ2) is 6.76. The monoisotopic (exact) mass is 394 g/mol. The van der Waals surface area contributed by atoms with E-state index in [9.17, 15) is 20.1 Å². The molecule has 3 N–H and O–H groups in total. The minimum absolute atomic E-state index is 0.0490. The van der Waals surface area contributed by atoms with Gasteiger partial charge >= 0.3 is 0 Å². The van der Waals surface area contributed by atoms with Crippen molar-refractivity contribution in [1.82, 2.24) is 0 Å². The Hall–Kier alpha value is -0.490. The minimum Gasteiger partial charge on any atom is -0.393 e. The number of carbonyl (C=O) groups is 1. The molecule has 0 aromatic carbocycles. The SMILES string of the molecule is COC(C)C(=O)[C@@]1(O)CCC2C3CC[C@@H]4C[C@H](O)CC[C@]4(C)C3[C@@H](O)C[C@@]21C. The van der Waals surface area contributed by atoms with Crippen LogP contribution in [0.4, 0.5) is 0 Å². The number of carbonyl (C=O) groups excluding carboxylic acids is 1. The van der Waals surface area contributed by atoms with Gasteiger partial charge in [0, 0.05) is 12.5 Å². The third kappa shape index (κ3) is 2.62. The van der Waals surface area contributed by atoms with Crippen LogP contribution >= 0.6 is 0 Å². The molecule has 160 valence electrons. The largest absolute Gasteiger partial charge is 0.393 e. The molecule has 0 saturated heterocycles. The molecule has 0 aromatic rings. The molecule has 0 heterocycles. The van der Waals surface area contributed by atoms with E-state index in [-0.39, 0.29) is 29.1 Å². The van der Waals surface area contributed by atoms with Gasteiger partial charge in [-0.1, -0.05) is 13.8 Å². The normalized spacial score (nSPS) is 54.4. The first-order chi connectivity index (χ1) is 13.1. The molecule has 4 unspecified atom stereocenters. The number of hydrogen-bond donors (Lipinski definition) is 3. The number of hydrogen-bond acceptors (Lipinski definition) is 5. The molecule has 4 saturated carbocycles. The smallest absolute Gasteiger partial charge is 0.193 e. The van der Waals surface area contributed by atoms with Gasteiger partial charge in [0.2, 0.25) is 0 Å². The lowest BCUT2D eigenvalue weighted by atomic mass is 9.43. The van der Waals surface area contributed by atoms with Crippen molar-refractivity contribution in [3.8, 4) is 0 Å². The third-order valence-corrected chi connectivity index (χ3v) is 9.85. The zero-order chi connectivity index (χ0) is 20.5. The van der Waals surface area contributed by atoms with E-state index < -0.39 is 23.2 Å². The molecule has 0 spiro atoms. The summed E-state index contributed by atoms with van der Waals surface area (Å²) in [5.41, 5.74) is -1.97. The average Bonchev–Trinajstić information content (AvgIpc) is 2.92. The van der Waals surface area contributed by atoms with Crippen molar-refractivity contribution in [1.29, 1.82) is 0 Å². The van der Waals surface area contributed by atoms with Gasteiger partial charge in [-0.2, -0.15) is 0 Å². The van der Waals surface area contributed by atoms with Crippen molar-refractivity contribution < 1.29 is 24.9 Å². The van der Waals surface area contributed by atoms with Crippen molar-refractivity contribution in [3.05, 3.63) is 0 Å². The van der Waals surface area contributed by atoms with Crippen LogP contribution in [0, 0.1) is 34.5 Å². The average molecular weight is 395 g/mol. The molecule has 28 heavy (non-hydrogen) atoms. The third-order valence-electron chi connectivity index (χ3n) is 9.85. The van der Waals surface area contributed by atoms with E-state index in [1.807, 2.05) is 6.92 Å². The highest BCUT2D eigenvalue weighted by Gasteiger charge is 2.69. The maximum atomic E-state index is 13.1. The number of ether oxygens (including phenoxy) is 1. The summed E-state index contributed by atoms with van der Waals surface area (Å²) in [4.78, 5) is 13.1. The summed E-state index contributed by atoms with van der Waals surface area (Å²) < 4.78 is 5.25. The maximum Gasteiger partial charge on any atom is 0.193 e. The van der Waals surface area contributed by atoms with Crippen molar-refractivity contribution in [2.75, 3.05) is 7.11 Å². The summed E-state index contributed by atoms with van der Waals surface area (Å²) >= 11 is 0. The molecule has 10 atom stereocenters. The molecule has 5 heteroatoms. The first-order valence-electron chi connectivity index (χ1n) is 11.2. The standard InChI is InChI=1S/C23H38O5/c1-13(28-4)20(26)23(27)10-8-17-16-6-5-14-11-15(24)7-9-21(14,2)19(16)18(25)12-22(17,23)3/h13-19,24-25,27H,5-12H2,1-4H3/t13?,14-,15-,16?,17?,18+,19?,21+,22+,23+/m1/s1. The molecule has 4 aliphatic carbocycles. The lowest BCUT2D eigenvalue weighted by molar-refractivity contribution is -0.204. The number of fused-ring (bicyclic) bond motifs is 5. The fraction of sp³-hybridized carbons (Fsp3) is 0.957. The molecular weight excluding hydrogens is 356 g/mol. The number of aliphatic hydroxyl groups excluding tert-OH is 2. The number of methoxy groups -OCH3 is 1. The number of Topliss-reactive ketones (excluding diaryl/α,β-unsaturated/α-hetero) is 1. The van der Waals surface area contributed by atoms with Gasteiger partial charge in [0.15, 0.2) is 5.78 Å². The molecule has 4 aliphatic rings. The second-order valence-corrected chi connectivity index (χ2v) is 10.8. The summed E-state index contributed by atoms with van der Waals surface area (Å²) in [6.07, 6.45) is 5.17. The van der Waals surface area contributed by atoms with Crippen molar-refractivity contribution in [2.24, 2.45) is 34.5 Å². The van der Waals surface area contributed by atoms with Crippen LogP contribution in [-0.4, -0.2) is 52.1 Å². The summed E-state index contributed by atoms with van der Waals surface area (Å²) in [5, 5.41) is 33.1. The van der Waals surface area contributed by atoms with Crippen molar-refractivity contribution >= 4 is 5.78 Å². The van der Waals surface area contributed by atoms with Crippen LogP contribution in [0.5, 0.6) is 0 Å². The van der Waals surface area contributed by atoms with Crippen LogP contribution in [-0.2, 0) is 9.53 Å². The predicted molar refractivity (Wildman–Crippen MR) is 106 cm³/mol. The number of ketones is 1. The summed E-state index contributed by atoms with van der Waals surface area (Å²) in [6, 6.07) is 0. The fourth-order valence-electron chi connectivity index (χ4n) is 8.21. The lowest BCUT2D eigenvalue weighted by Gasteiger charge is -2.62. The Morgan fingerprint density at radius 2 is 1.82 bits per heavy atom. The van der Waals surface area contributed by atoms with E-state index >= 15 is 0 Å². The van der Waals surface area contributed by atoms with E-state index in [2.05, 4.69) is 6.92 Å². The van der Waals surface area contributed by atoms with Crippen LogP contribution in [0.2, 0.25) is 0 Å². The molecule has 4 rings (SSSR count). The Labute approximate surface area is 168 Å². The second-order valence-electron chi connectivity index (χ2n) is 10.8. The summed E-state index contributed by atoms with van der Waals surface area (Å²) in [7, 11) is 1.51. The molecule has 4 fully saturated rings. The minimum atomic E-state index is -1.42. The van der Waals surface area contributed by atoms with Gasteiger partial charge < -0.3 is 20.1 Å². The molecule has 0 aromatic heterocycles. The Bertz CT molecular complexity index is 636. The fourth-order valence-corrected chi connectivity index (χ4v) is 8.21. The van der Waals surface area contributed by atoms with E-state index in [0.717, 1.165) is 38.5 Å². The topological polar surface area (TPSA) is 87.0 Å². The first-order valence-corrected chi connectivity index (χ1v) is 11.2. The van der Waals surface area contributed by atoms with Gasteiger partial charge in [0.1, 0.15) is 11.7 Å². The zero-order valence-corrected chi connectivity index (χ0v) is 17.9. The van der Waals surface area contributed by atoms with E-state index in [1.165, 1.54) is 7.11 Å².